The van der Waals surface area contributed by atoms with Crippen LogP contribution >= 0.6 is 0 Å². The Labute approximate surface area is 125 Å². The summed E-state index contributed by atoms with van der Waals surface area (Å²) in [6.45, 7) is 5.11. The van der Waals surface area contributed by atoms with Crippen LogP contribution in [0.4, 0.5) is 0 Å². The second-order valence-electron chi connectivity index (χ2n) is 6.51. The molecule has 1 aromatic heterocycles. The molecular weight excluding hydrogens is 262 g/mol. The van der Waals surface area contributed by atoms with Gasteiger partial charge in [-0.05, 0) is 62.2 Å². The first-order valence-corrected chi connectivity index (χ1v) is 7.86. The zero-order valence-corrected chi connectivity index (χ0v) is 12.5. The highest BCUT2D eigenvalue weighted by molar-refractivity contribution is 5.39. The van der Waals surface area contributed by atoms with Crippen LogP contribution in [0.2, 0.25) is 0 Å². The highest BCUT2D eigenvalue weighted by atomic mass is 16.6. The predicted octanol–water partition coefficient (Wildman–Crippen LogP) is 2.86. The number of aryl methyl sites for hydroxylation is 2. The first kappa shape index (κ1) is 13.0. The molecule has 4 heteroatoms. The van der Waals surface area contributed by atoms with E-state index >= 15 is 0 Å². The van der Waals surface area contributed by atoms with Gasteiger partial charge in [-0.15, -0.1) is 0 Å². The minimum atomic E-state index is 0.435. The predicted molar refractivity (Wildman–Crippen MR) is 80.0 cm³/mol. The molecule has 0 bridgehead atoms. The van der Waals surface area contributed by atoms with Gasteiger partial charge in [0.15, 0.2) is 0 Å². The quantitative estimate of drug-likeness (QED) is 0.850. The first-order chi connectivity index (χ1) is 10.3. The molecule has 0 radical (unpaired) electrons. The van der Waals surface area contributed by atoms with E-state index in [0.29, 0.717) is 5.41 Å². The van der Waals surface area contributed by atoms with Crippen molar-refractivity contribution in [2.75, 3.05) is 13.1 Å². The summed E-state index contributed by atoms with van der Waals surface area (Å²) in [6.07, 6.45) is 5.09. The molecule has 2 heterocycles. The number of hydrogen-bond acceptors (Lipinski definition) is 4. The number of benzene rings is 1. The van der Waals surface area contributed by atoms with Gasteiger partial charge in [0, 0.05) is 6.54 Å². The maximum absolute atomic E-state index is 4.80. The lowest BCUT2D eigenvalue weighted by Crippen LogP contribution is -2.41. The van der Waals surface area contributed by atoms with Gasteiger partial charge in [-0.1, -0.05) is 34.6 Å². The summed E-state index contributed by atoms with van der Waals surface area (Å²) >= 11 is 0. The van der Waals surface area contributed by atoms with Gasteiger partial charge in [-0.25, -0.2) is 4.63 Å². The van der Waals surface area contributed by atoms with Gasteiger partial charge in [0.2, 0.25) is 0 Å². The van der Waals surface area contributed by atoms with Crippen LogP contribution in [0.1, 0.15) is 41.8 Å². The van der Waals surface area contributed by atoms with Crippen LogP contribution in [-0.2, 0) is 18.4 Å². The fraction of sp³-hybridized carbons (Fsp3) is 0.529. The summed E-state index contributed by atoms with van der Waals surface area (Å²) in [7, 11) is 0. The number of hydrogen-bond donors (Lipinski definition) is 0. The molecule has 4 rings (SSSR count). The number of fused-ring (bicyclic) bond motifs is 2. The minimum absolute atomic E-state index is 0.435. The highest BCUT2D eigenvalue weighted by Crippen LogP contribution is 2.46. The third kappa shape index (κ3) is 2.18. The van der Waals surface area contributed by atoms with Crippen LogP contribution in [-0.4, -0.2) is 28.3 Å². The second kappa shape index (κ2) is 4.95. The van der Waals surface area contributed by atoms with Crippen molar-refractivity contribution in [1.82, 2.24) is 15.2 Å². The van der Waals surface area contributed by atoms with Gasteiger partial charge >= 0.3 is 0 Å². The lowest BCUT2D eigenvalue weighted by atomic mass is 9.74. The summed E-state index contributed by atoms with van der Waals surface area (Å²) in [5.74, 6) is 0. The van der Waals surface area contributed by atoms with Crippen molar-refractivity contribution in [1.29, 1.82) is 0 Å². The highest BCUT2D eigenvalue weighted by Gasteiger charge is 2.40. The molecule has 0 saturated carbocycles. The number of likely N-dealkylation sites (tertiary alicyclic amines) is 1. The standard InChI is InChI=1S/C17H21N3O/c1-13-16(19-21-18-13)12-20-10-8-17(9-11-20)7-6-14-4-2-3-5-15(14)17/h2-5H,6-12H2,1H3. The average Bonchev–Trinajstić information content (AvgIpc) is 3.08. The van der Waals surface area contributed by atoms with E-state index in [4.69, 9.17) is 4.63 Å². The molecule has 21 heavy (non-hydrogen) atoms. The maximum Gasteiger partial charge on any atom is 0.122 e. The monoisotopic (exact) mass is 283 g/mol. The van der Waals surface area contributed by atoms with Gasteiger partial charge in [0.25, 0.3) is 0 Å². The SMILES string of the molecule is Cc1nonc1CN1CCC2(CCc3ccccc32)CC1. The zero-order chi connectivity index (χ0) is 14.3. The molecule has 1 saturated heterocycles. The molecule has 1 spiro atoms. The average molecular weight is 283 g/mol. The minimum Gasteiger partial charge on any atom is -0.297 e. The molecule has 1 fully saturated rings. The molecule has 110 valence electrons. The molecular formula is C17H21N3O. The van der Waals surface area contributed by atoms with Crippen LogP contribution in [0.5, 0.6) is 0 Å². The second-order valence-corrected chi connectivity index (χ2v) is 6.51. The number of nitrogens with zero attached hydrogens (tertiary/aromatic N) is 3. The summed E-state index contributed by atoms with van der Waals surface area (Å²) in [5, 5.41) is 7.88. The molecule has 0 unspecified atom stereocenters. The summed E-state index contributed by atoms with van der Waals surface area (Å²) < 4.78 is 4.80. The van der Waals surface area contributed by atoms with Crippen LogP contribution in [0.25, 0.3) is 0 Å². The van der Waals surface area contributed by atoms with Crippen LogP contribution < -0.4 is 0 Å². The molecule has 1 aliphatic heterocycles. The van der Waals surface area contributed by atoms with E-state index in [9.17, 15) is 0 Å². The van der Waals surface area contributed by atoms with Crippen molar-refractivity contribution in [2.24, 2.45) is 0 Å². The molecule has 0 atom stereocenters. The molecule has 2 aromatic rings. The zero-order valence-electron chi connectivity index (χ0n) is 12.5. The van der Waals surface area contributed by atoms with Crippen molar-refractivity contribution >= 4 is 0 Å². The number of rotatable bonds is 2. The summed E-state index contributed by atoms with van der Waals surface area (Å²) in [5.41, 5.74) is 5.52. The Morgan fingerprint density at radius 3 is 2.71 bits per heavy atom. The molecule has 0 N–H and O–H groups in total. The van der Waals surface area contributed by atoms with Crippen molar-refractivity contribution in [3.63, 3.8) is 0 Å². The maximum atomic E-state index is 4.80. The van der Waals surface area contributed by atoms with Crippen molar-refractivity contribution in [3.8, 4) is 0 Å². The van der Waals surface area contributed by atoms with E-state index in [1.807, 2.05) is 6.92 Å². The summed E-state index contributed by atoms with van der Waals surface area (Å²) in [6, 6.07) is 9.03. The van der Waals surface area contributed by atoms with Gasteiger partial charge in [-0.3, -0.25) is 4.90 Å². The van der Waals surface area contributed by atoms with Crippen LogP contribution in [0.3, 0.4) is 0 Å². The third-order valence-electron chi connectivity index (χ3n) is 5.39. The fourth-order valence-electron chi connectivity index (χ4n) is 4.03. The van der Waals surface area contributed by atoms with E-state index in [0.717, 1.165) is 31.0 Å². The van der Waals surface area contributed by atoms with Crippen molar-refractivity contribution in [2.45, 2.75) is 44.6 Å². The Balaban J connectivity index is 1.47. The number of aromatic nitrogens is 2. The number of piperidine rings is 1. The Morgan fingerprint density at radius 1 is 1.14 bits per heavy atom. The topological polar surface area (TPSA) is 42.2 Å². The Morgan fingerprint density at radius 2 is 1.95 bits per heavy atom. The van der Waals surface area contributed by atoms with E-state index in [1.165, 1.54) is 25.7 Å². The van der Waals surface area contributed by atoms with Gasteiger partial charge < -0.3 is 0 Å². The first-order valence-electron chi connectivity index (χ1n) is 7.86. The van der Waals surface area contributed by atoms with Gasteiger partial charge in [0.05, 0.1) is 0 Å². The van der Waals surface area contributed by atoms with Crippen molar-refractivity contribution in [3.05, 3.63) is 46.8 Å². The van der Waals surface area contributed by atoms with Gasteiger partial charge in [0.1, 0.15) is 11.4 Å². The lowest BCUT2D eigenvalue weighted by molar-refractivity contribution is 0.149. The lowest BCUT2D eigenvalue weighted by Gasteiger charge is -2.40. The molecule has 1 aromatic carbocycles. The molecule has 2 aliphatic rings. The van der Waals surface area contributed by atoms with E-state index in [2.05, 4.69) is 39.5 Å². The Hall–Kier alpha value is -1.68. The smallest absolute Gasteiger partial charge is 0.122 e. The Bertz CT molecular complexity index is 641. The summed E-state index contributed by atoms with van der Waals surface area (Å²) in [4.78, 5) is 2.48. The molecule has 1 aliphatic carbocycles. The van der Waals surface area contributed by atoms with Crippen LogP contribution in [0, 0.1) is 6.92 Å². The fourth-order valence-corrected chi connectivity index (χ4v) is 4.03. The van der Waals surface area contributed by atoms with Crippen molar-refractivity contribution < 1.29 is 4.63 Å². The van der Waals surface area contributed by atoms with E-state index in [1.54, 1.807) is 11.1 Å². The Kier molecular flexibility index (Phi) is 3.07. The third-order valence-corrected chi connectivity index (χ3v) is 5.39. The normalized spacial score (nSPS) is 20.8. The largest absolute Gasteiger partial charge is 0.297 e. The van der Waals surface area contributed by atoms with E-state index < -0.39 is 0 Å². The van der Waals surface area contributed by atoms with Crippen LogP contribution in [0.15, 0.2) is 28.9 Å². The van der Waals surface area contributed by atoms with Gasteiger partial charge in [-0.2, -0.15) is 0 Å². The molecule has 4 nitrogen and oxygen atoms in total. The molecule has 0 amide bonds. The van der Waals surface area contributed by atoms with E-state index in [-0.39, 0.29) is 0 Å².